The molecule has 0 aliphatic carbocycles. The Hall–Kier alpha value is -1.78. The van der Waals surface area contributed by atoms with Gasteiger partial charge in [0.05, 0.1) is 17.1 Å². The van der Waals surface area contributed by atoms with E-state index in [1.165, 1.54) is 6.42 Å². The molecule has 2 aromatic heterocycles. The SMILES string of the molecule is CCCCNc1nc(C)cn1-c1cn(C)nc1C. The molecule has 98 valence electrons. The lowest BCUT2D eigenvalue weighted by Crippen LogP contribution is -2.07. The van der Waals surface area contributed by atoms with Crippen LogP contribution in [-0.4, -0.2) is 25.9 Å². The molecule has 0 aromatic carbocycles. The fourth-order valence-electron chi connectivity index (χ4n) is 2.01. The normalized spacial score (nSPS) is 10.9. The van der Waals surface area contributed by atoms with Gasteiger partial charge in [-0.25, -0.2) is 4.98 Å². The fourth-order valence-corrected chi connectivity index (χ4v) is 2.01. The molecule has 0 spiro atoms. The fraction of sp³-hybridized carbons (Fsp3) is 0.538. The number of nitrogens with one attached hydrogen (secondary N) is 1. The highest BCUT2D eigenvalue weighted by Gasteiger charge is 2.11. The number of imidazole rings is 1. The third-order valence-corrected chi connectivity index (χ3v) is 2.89. The summed E-state index contributed by atoms with van der Waals surface area (Å²) in [5, 5.41) is 7.76. The van der Waals surface area contributed by atoms with Crippen molar-refractivity contribution in [2.75, 3.05) is 11.9 Å². The Kier molecular flexibility index (Phi) is 3.69. The van der Waals surface area contributed by atoms with E-state index in [0.29, 0.717) is 0 Å². The molecule has 0 aliphatic rings. The van der Waals surface area contributed by atoms with E-state index in [-0.39, 0.29) is 0 Å². The predicted octanol–water partition coefficient (Wildman–Crippen LogP) is 2.43. The third kappa shape index (κ3) is 2.55. The second-order valence-electron chi connectivity index (χ2n) is 4.63. The number of hydrogen-bond acceptors (Lipinski definition) is 3. The highest BCUT2D eigenvalue weighted by Crippen LogP contribution is 2.19. The molecule has 0 unspecified atom stereocenters. The molecule has 0 atom stereocenters. The maximum Gasteiger partial charge on any atom is 0.207 e. The minimum Gasteiger partial charge on any atom is -0.355 e. The number of hydrogen-bond donors (Lipinski definition) is 1. The van der Waals surface area contributed by atoms with Gasteiger partial charge in [0.15, 0.2) is 0 Å². The first-order valence-electron chi connectivity index (χ1n) is 6.42. The van der Waals surface area contributed by atoms with Crippen LogP contribution in [0, 0.1) is 13.8 Å². The van der Waals surface area contributed by atoms with Gasteiger partial charge in [-0.15, -0.1) is 0 Å². The summed E-state index contributed by atoms with van der Waals surface area (Å²) < 4.78 is 3.91. The predicted molar refractivity (Wildman–Crippen MR) is 73.2 cm³/mol. The summed E-state index contributed by atoms with van der Waals surface area (Å²) in [4.78, 5) is 4.52. The van der Waals surface area contributed by atoms with Crippen molar-refractivity contribution < 1.29 is 0 Å². The number of anilines is 1. The summed E-state index contributed by atoms with van der Waals surface area (Å²) >= 11 is 0. The lowest BCUT2D eigenvalue weighted by molar-refractivity contribution is 0.756. The van der Waals surface area contributed by atoms with E-state index in [2.05, 4.69) is 26.9 Å². The Morgan fingerprint density at radius 1 is 1.28 bits per heavy atom. The zero-order valence-corrected chi connectivity index (χ0v) is 11.6. The van der Waals surface area contributed by atoms with Gasteiger partial charge in [0.2, 0.25) is 5.95 Å². The van der Waals surface area contributed by atoms with Gasteiger partial charge < -0.3 is 5.32 Å². The molecule has 0 bridgehead atoms. The number of nitrogens with zero attached hydrogens (tertiary/aromatic N) is 4. The van der Waals surface area contributed by atoms with Crippen LogP contribution in [0.1, 0.15) is 31.2 Å². The van der Waals surface area contributed by atoms with Crippen molar-refractivity contribution in [2.45, 2.75) is 33.6 Å². The van der Waals surface area contributed by atoms with Crippen molar-refractivity contribution in [2.24, 2.45) is 7.05 Å². The van der Waals surface area contributed by atoms with Gasteiger partial charge in [-0.2, -0.15) is 5.10 Å². The standard InChI is InChI=1S/C13H21N5/c1-5-6-7-14-13-15-10(2)8-18(13)12-9-17(4)16-11(12)3/h8-9H,5-7H2,1-4H3,(H,14,15). The van der Waals surface area contributed by atoms with E-state index >= 15 is 0 Å². The summed E-state index contributed by atoms with van der Waals surface area (Å²) in [6.07, 6.45) is 6.39. The van der Waals surface area contributed by atoms with Gasteiger partial charge in [0.25, 0.3) is 0 Å². The molecule has 2 rings (SSSR count). The van der Waals surface area contributed by atoms with Crippen molar-refractivity contribution in [3.8, 4) is 5.69 Å². The average Bonchev–Trinajstić information content (AvgIpc) is 2.82. The van der Waals surface area contributed by atoms with Gasteiger partial charge in [0.1, 0.15) is 0 Å². The second kappa shape index (κ2) is 5.25. The molecular formula is C13H21N5. The minimum absolute atomic E-state index is 0.900. The molecule has 18 heavy (non-hydrogen) atoms. The molecule has 0 radical (unpaired) electrons. The van der Waals surface area contributed by atoms with Gasteiger partial charge in [-0.3, -0.25) is 9.25 Å². The molecule has 0 fully saturated rings. The van der Waals surface area contributed by atoms with Crippen LogP contribution in [0.3, 0.4) is 0 Å². The second-order valence-corrected chi connectivity index (χ2v) is 4.63. The highest BCUT2D eigenvalue weighted by molar-refractivity contribution is 5.44. The lowest BCUT2D eigenvalue weighted by Gasteiger charge is -2.08. The highest BCUT2D eigenvalue weighted by atomic mass is 15.3. The van der Waals surface area contributed by atoms with Crippen LogP contribution in [-0.2, 0) is 7.05 Å². The maximum absolute atomic E-state index is 4.52. The van der Waals surface area contributed by atoms with E-state index in [4.69, 9.17) is 0 Å². The van der Waals surface area contributed by atoms with Crippen molar-refractivity contribution in [3.63, 3.8) is 0 Å². The van der Waals surface area contributed by atoms with E-state index in [1.807, 2.05) is 38.0 Å². The Labute approximate surface area is 108 Å². The molecular weight excluding hydrogens is 226 g/mol. The number of aromatic nitrogens is 4. The molecule has 5 heteroatoms. The Balaban J connectivity index is 2.29. The molecule has 5 nitrogen and oxygen atoms in total. The van der Waals surface area contributed by atoms with Crippen molar-refractivity contribution in [1.82, 2.24) is 19.3 Å². The Morgan fingerprint density at radius 2 is 2.06 bits per heavy atom. The molecule has 2 aromatic rings. The van der Waals surface area contributed by atoms with Crippen LogP contribution < -0.4 is 5.32 Å². The van der Waals surface area contributed by atoms with Crippen LogP contribution >= 0.6 is 0 Å². The van der Waals surface area contributed by atoms with Crippen LogP contribution in [0.2, 0.25) is 0 Å². The molecule has 1 N–H and O–H groups in total. The summed E-state index contributed by atoms with van der Waals surface area (Å²) in [5.41, 5.74) is 3.10. The van der Waals surface area contributed by atoms with E-state index < -0.39 is 0 Å². The minimum atomic E-state index is 0.900. The molecule has 0 aliphatic heterocycles. The maximum atomic E-state index is 4.52. The molecule has 0 saturated heterocycles. The van der Waals surface area contributed by atoms with Crippen molar-refractivity contribution >= 4 is 5.95 Å². The van der Waals surface area contributed by atoms with Gasteiger partial charge in [-0.1, -0.05) is 13.3 Å². The lowest BCUT2D eigenvalue weighted by atomic mass is 10.3. The van der Waals surface area contributed by atoms with Crippen LogP contribution in [0.5, 0.6) is 0 Å². The largest absolute Gasteiger partial charge is 0.355 e. The summed E-state index contributed by atoms with van der Waals surface area (Å²) in [6.45, 7) is 7.16. The average molecular weight is 247 g/mol. The molecule has 0 saturated carbocycles. The van der Waals surface area contributed by atoms with Crippen LogP contribution in [0.25, 0.3) is 5.69 Å². The zero-order valence-electron chi connectivity index (χ0n) is 11.6. The first-order chi connectivity index (χ1) is 8.61. The quantitative estimate of drug-likeness (QED) is 0.825. The number of unbranched alkanes of at least 4 members (excludes halogenated alkanes) is 1. The number of aryl methyl sites for hydroxylation is 3. The number of rotatable bonds is 5. The topological polar surface area (TPSA) is 47.7 Å². The van der Waals surface area contributed by atoms with Crippen molar-refractivity contribution in [3.05, 3.63) is 23.8 Å². The summed E-state index contributed by atoms with van der Waals surface area (Å²) in [6, 6.07) is 0. The van der Waals surface area contributed by atoms with Crippen molar-refractivity contribution in [1.29, 1.82) is 0 Å². The van der Waals surface area contributed by atoms with Crippen LogP contribution in [0.4, 0.5) is 5.95 Å². The monoisotopic (exact) mass is 247 g/mol. The molecule has 2 heterocycles. The van der Waals surface area contributed by atoms with Gasteiger partial charge in [-0.05, 0) is 20.3 Å². The first-order valence-corrected chi connectivity index (χ1v) is 6.42. The van der Waals surface area contributed by atoms with E-state index in [1.54, 1.807) is 0 Å². The Bertz CT molecular complexity index is 523. The first kappa shape index (κ1) is 12.7. The molecule has 0 amide bonds. The smallest absolute Gasteiger partial charge is 0.207 e. The Morgan fingerprint density at radius 3 is 2.67 bits per heavy atom. The van der Waals surface area contributed by atoms with E-state index in [0.717, 1.165) is 36.0 Å². The van der Waals surface area contributed by atoms with Crippen LogP contribution in [0.15, 0.2) is 12.4 Å². The van der Waals surface area contributed by atoms with Gasteiger partial charge >= 0.3 is 0 Å². The third-order valence-electron chi connectivity index (χ3n) is 2.89. The summed E-state index contributed by atoms with van der Waals surface area (Å²) in [7, 11) is 1.93. The summed E-state index contributed by atoms with van der Waals surface area (Å²) in [5.74, 6) is 0.900. The van der Waals surface area contributed by atoms with Gasteiger partial charge in [0, 0.05) is 26.0 Å². The zero-order chi connectivity index (χ0) is 13.1. The van der Waals surface area contributed by atoms with E-state index in [9.17, 15) is 0 Å².